The third-order valence-electron chi connectivity index (χ3n) is 6.02. The number of imidazole rings is 1. The fourth-order valence-corrected chi connectivity index (χ4v) is 4.39. The summed E-state index contributed by atoms with van der Waals surface area (Å²) in [4.78, 5) is 19.1. The maximum absolute atomic E-state index is 12.7. The number of rotatable bonds is 6. The fraction of sp³-hybridized carbons (Fsp3) is 0.800. The summed E-state index contributed by atoms with van der Waals surface area (Å²) in [5.74, 6) is 1.74. The van der Waals surface area contributed by atoms with E-state index in [1.165, 1.54) is 25.1 Å². The summed E-state index contributed by atoms with van der Waals surface area (Å²) in [7, 11) is 0. The lowest BCUT2D eigenvalue weighted by Gasteiger charge is -2.35. The van der Waals surface area contributed by atoms with E-state index in [1.807, 2.05) is 11.1 Å². The maximum Gasteiger partial charge on any atom is 0.251 e. The van der Waals surface area contributed by atoms with Gasteiger partial charge in [-0.15, -0.1) is 0 Å². The Morgan fingerprint density at radius 3 is 2.64 bits per heavy atom. The Labute approximate surface area is 151 Å². The Bertz CT molecular complexity index is 543. The Kier molecular flexibility index (Phi) is 6.51. The van der Waals surface area contributed by atoms with E-state index < -0.39 is 6.10 Å². The summed E-state index contributed by atoms with van der Waals surface area (Å²) in [6.07, 6.45) is 13.0. The van der Waals surface area contributed by atoms with Gasteiger partial charge in [-0.3, -0.25) is 4.79 Å². The zero-order valence-electron chi connectivity index (χ0n) is 15.6. The molecule has 1 aliphatic carbocycles. The van der Waals surface area contributed by atoms with E-state index in [0.717, 1.165) is 58.2 Å². The molecule has 1 aliphatic heterocycles. The molecule has 1 amide bonds. The quantitative estimate of drug-likeness (QED) is 0.859. The summed E-state index contributed by atoms with van der Waals surface area (Å²) in [6.45, 7) is 4.73. The van der Waals surface area contributed by atoms with Gasteiger partial charge in [-0.2, -0.15) is 0 Å². The molecule has 5 heteroatoms. The van der Waals surface area contributed by atoms with Gasteiger partial charge in [0.05, 0.1) is 0 Å². The number of amides is 1. The summed E-state index contributed by atoms with van der Waals surface area (Å²) in [5, 5.41) is 10.5. The number of aliphatic hydroxyl groups excluding tert-OH is 1. The van der Waals surface area contributed by atoms with Crippen molar-refractivity contribution in [3.8, 4) is 0 Å². The summed E-state index contributed by atoms with van der Waals surface area (Å²) < 4.78 is 2.28. The van der Waals surface area contributed by atoms with Gasteiger partial charge < -0.3 is 14.6 Å². The second-order valence-corrected chi connectivity index (χ2v) is 7.77. The van der Waals surface area contributed by atoms with Crippen molar-refractivity contribution in [1.29, 1.82) is 0 Å². The SMILES string of the molecule is CCCCn1ccnc1C1CCN(C(=O)[C@H](O)C2CCCCC2)CC1. The standard InChI is InChI=1S/C20H33N3O2/c1-2-3-12-22-15-11-21-19(22)17-9-13-23(14-10-17)20(25)18(24)16-7-5-4-6-8-16/h11,15-18,24H,2-10,12-14H2,1H3/t18-/m1/s1. The molecule has 1 saturated heterocycles. The first-order valence-corrected chi connectivity index (χ1v) is 10.2. The molecule has 1 N–H and O–H groups in total. The van der Waals surface area contributed by atoms with Crippen LogP contribution in [0.15, 0.2) is 12.4 Å². The molecule has 5 nitrogen and oxygen atoms in total. The highest BCUT2D eigenvalue weighted by Crippen LogP contribution is 2.30. The minimum absolute atomic E-state index is 0.0420. The molecule has 25 heavy (non-hydrogen) atoms. The molecule has 0 aromatic carbocycles. The molecule has 140 valence electrons. The average molecular weight is 348 g/mol. The van der Waals surface area contributed by atoms with E-state index in [-0.39, 0.29) is 11.8 Å². The Morgan fingerprint density at radius 2 is 1.96 bits per heavy atom. The van der Waals surface area contributed by atoms with E-state index in [9.17, 15) is 9.90 Å². The molecule has 0 unspecified atom stereocenters. The van der Waals surface area contributed by atoms with E-state index in [1.54, 1.807) is 0 Å². The molecule has 1 atom stereocenters. The lowest BCUT2D eigenvalue weighted by Crippen LogP contribution is -2.46. The van der Waals surface area contributed by atoms with Crippen molar-refractivity contribution in [2.75, 3.05) is 13.1 Å². The van der Waals surface area contributed by atoms with Gasteiger partial charge in [-0.05, 0) is 38.0 Å². The van der Waals surface area contributed by atoms with Gasteiger partial charge >= 0.3 is 0 Å². The Morgan fingerprint density at radius 1 is 1.24 bits per heavy atom. The zero-order valence-corrected chi connectivity index (χ0v) is 15.6. The number of aliphatic hydroxyl groups is 1. The maximum atomic E-state index is 12.7. The largest absolute Gasteiger partial charge is 0.383 e. The first kappa shape index (κ1) is 18.4. The summed E-state index contributed by atoms with van der Waals surface area (Å²) in [6, 6.07) is 0. The molecule has 2 fully saturated rings. The third-order valence-corrected chi connectivity index (χ3v) is 6.02. The Hall–Kier alpha value is -1.36. The van der Waals surface area contributed by atoms with Crippen LogP contribution in [-0.4, -0.2) is 44.7 Å². The van der Waals surface area contributed by atoms with Crippen LogP contribution in [0.25, 0.3) is 0 Å². The van der Waals surface area contributed by atoms with Crippen LogP contribution >= 0.6 is 0 Å². The van der Waals surface area contributed by atoms with Crippen molar-refractivity contribution in [3.63, 3.8) is 0 Å². The minimum atomic E-state index is -0.789. The number of likely N-dealkylation sites (tertiary alicyclic amines) is 1. The molecule has 1 aromatic heterocycles. The third kappa shape index (κ3) is 4.43. The number of carbonyl (C=O) groups excluding carboxylic acids is 1. The van der Waals surface area contributed by atoms with Crippen molar-refractivity contribution in [3.05, 3.63) is 18.2 Å². The first-order valence-electron chi connectivity index (χ1n) is 10.2. The van der Waals surface area contributed by atoms with Crippen LogP contribution in [0.1, 0.15) is 76.5 Å². The number of hydrogen-bond donors (Lipinski definition) is 1. The molecular weight excluding hydrogens is 314 g/mol. The highest BCUT2D eigenvalue weighted by Gasteiger charge is 2.33. The highest BCUT2D eigenvalue weighted by molar-refractivity contribution is 5.81. The lowest BCUT2D eigenvalue weighted by molar-refractivity contribution is -0.144. The van der Waals surface area contributed by atoms with E-state index in [0.29, 0.717) is 5.92 Å². The second kappa shape index (κ2) is 8.84. The van der Waals surface area contributed by atoms with E-state index >= 15 is 0 Å². The van der Waals surface area contributed by atoms with Crippen LogP contribution in [0.2, 0.25) is 0 Å². The monoisotopic (exact) mass is 347 g/mol. The van der Waals surface area contributed by atoms with Crippen molar-refractivity contribution >= 4 is 5.91 Å². The van der Waals surface area contributed by atoms with E-state index in [4.69, 9.17) is 0 Å². The summed E-state index contributed by atoms with van der Waals surface area (Å²) in [5.41, 5.74) is 0. The van der Waals surface area contributed by atoms with Gasteiger partial charge in [0, 0.05) is 37.9 Å². The molecular formula is C20H33N3O2. The molecule has 1 saturated carbocycles. The molecule has 0 spiro atoms. The van der Waals surface area contributed by atoms with Crippen LogP contribution in [0.5, 0.6) is 0 Å². The van der Waals surface area contributed by atoms with Crippen LogP contribution in [0, 0.1) is 5.92 Å². The lowest BCUT2D eigenvalue weighted by atomic mass is 9.84. The summed E-state index contributed by atoms with van der Waals surface area (Å²) >= 11 is 0. The predicted molar refractivity (Wildman–Crippen MR) is 98.3 cm³/mol. The number of aromatic nitrogens is 2. The Balaban J connectivity index is 1.53. The number of hydrogen-bond acceptors (Lipinski definition) is 3. The van der Waals surface area contributed by atoms with Crippen molar-refractivity contribution in [2.24, 2.45) is 5.92 Å². The molecule has 0 bridgehead atoms. The molecule has 2 heterocycles. The zero-order chi connectivity index (χ0) is 17.6. The van der Waals surface area contributed by atoms with E-state index in [2.05, 4.69) is 22.7 Å². The number of aryl methyl sites for hydroxylation is 1. The highest BCUT2D eigenvalue weighted by atomic mass is 16.3. The average Bonchev–Trinajstić information content (AvgIpc) is 3.14. The van der Waals surface area contributed by atoms with Gasteiger partial charge in [-0.1, -0.05) is 32.6 Å². The number of carbonyl (C=O) groups is 1. The molecule has 0 radical (unpaired) electrons. The molecule has 1 aromatic rings. The molecule has 2 aliphatic rings. The van der Waals surface area contributed by atoms with Crippen molar-refractivity contribution in [1.82, 2.24) is 14.5 Å². The van der Waals surface area contributed by atoms with Crippen molar-refractivity contribution < 1.29 is 9.90 Å². The van der Waals surface area contributed by atoms with Crippen LogP contribution in [-0.2, 0) is 11.3 Å². The van der Waals surface area contributed by atoms with Crippen molar-refractivity contribution in [2.45, 2.75) is 83.3 Å². The normalized spacial score (nSPS) is 21.4. The fourth-order valence-electron chi connectivity index (χ4n) is 4.39. The molecule has 3 rings (SSSR count). The first-order chi connectivity index (χ1) is 12.2. The smallest absolute Gasteiger partial charge is 0.251 e. The van der Waals surface area contributed by atoms with Crippen LogP contribution in [0.4, 0.5) is 0 Å². The minimum Gasteiger partial charge on any atom is -0.383 e. The second-order valence-electron chi connectivity index (χ2n) is 7.77. The topological polar surface area (TPSA) is 58.4 Å². The number of nitrogens with zero attached hydrogens (tertiary/aromatic N) is 3. The van der Waals surface area contributed by atoms with Gasteiger partial charge in [0.25, 0.3) is 5.91 Å². The predicted octanol–water partition coefficient (Wildman–Crippen LogP) is 3.33. The van der Waals surface area contributed by atoms with Gasteiger partial charge in [-0.25, -0.2) is 4.98 Å². The number of unbranched alkanes of at least 4 members (excludes halogenated alkanes) is 1. The van der Waals surface area contributed by atoms with Crippen LogP contribution < -0.4 is 0 Å². The van der Waals surface area contributed by atoms with Gasteiger partial charge in [0.15, 0.2) is 0 Å². The van der Waals surface area contributed by atoms with Gasteiger partial charge in [0.2, 0.25) is 0 Å². The van der Waals surface area contributed by atoms with Gasteiger partial charge in [0.1, 0.15) is 11.9 Å². The van der Waals surface area contributed by atoms with Crippen LogP contribution in [0.3, 0.4) is 0 Å². The number of piperidine rings is 1.